The molecule has 0 saturated carbocycles. The van der Waals surface area contributed by atoms with Crippen LogP contribution in [-0.4, -0.2) is 37.9 Å². The number of hydrogen-bond donors (Lipinski definition) is 0. The quantitative estimate of drug-likeness (QED) is 0.539. The van der Waals surface area contributed by atoms with Gasteiger partial charge < -0.3 is 14.2 Å². The highest BCUT2D eigenvalue weighted by Crippen LogP contribution is 2.22. The minimum atomic E-state index is -0.935. The Labute approximate surface area is 101 Å². The van der Waals surface area contributed by atoms with Crippen LogP contribution in [0.2, 0.25) is 0 Å². The molecule has 5 heteroatoms. The van der Waals surface area contributed by atoms with E-state index in [1.807, 2.05) is 0 Å². The molecular weight excluding hydrogens is 224 g/mol. The first-order chi connectivity index (χ1) is 8.20. The van der Waals surface area contributed by atoms with Gasteiger partial charge in [-0.05, 0) is 33.1 Å². The van der Waals surface area contributed by atoms with Crippen molar-refractivity contribution in [1.82, 2.24) is 0 Å². The molecular formula is C12H20O5. The van der Waals surface area contributed by atoms with Gasteiger partial charge in [0, 0.05) is 6.61 Å². The molecule has 0 bridgehead atoms. The van der Waals surface area contributed by atoms with Crippen molar-refractivity contribution in [3.8, 4) is 0 Å². The molecule has 0 aromatic carbocycles. The van der Waals surface area contributed by atoms with E-state index in [0.29, 0.717) is 13.0 Å². The Kier molecular flexibility index (Phi) is 5.97. The average Bonchev–Trinajstić information content (AvgIpc) is 2.31. The molecule has 0 spiro atoms. The predicted molar refractivity (Wildman–Crippen MR) is 60.3 cm³/mol. The lowest BCUT2D eigenvalue weighted by Crippen LogP contribution is -2.40. The number of carbonyl (C=O) groups excluding carboxylic acids is 2. The fourth-order valence-corrected chi connectivity index (χ4v) is 1.89. The van der Waals surface area contributed by atoms with Crippen LogP contribution in [0, 0.1) is 5.92 Å². The molecule has 1 aliphatic heterocycles. The third kappa shape index (κ3) is 4.00. The van der Waals surface area contributed by atoms with Crippen LogP contribution in [0.1, 0.15) is 33.1 Å². The molecule has 1 heterocycles. The molecule has 0 aliphatic carbocycles. The second-order valence-corrected chi connectivity index (χ2v) is 3.89. The second-order valence-electron chi connectivity index (χ2n) is 3.89. The SMILES string of the molecule is CCOC(=O)C(C(=O)OCC)C1CCCCO1. The first-order valence-electron chi connectivity index (χ1n) is 6.15. The standard InChI is InChI=1S/C12H20O5/c1-3-15-11(13)10(12(14)16-4-2)9-7-5-6-8-17-9/h9-10H,3-8H2,1-2H3. The van der Waals surface area contributed by atoms with Crippen LogP contribution in [0.15, 0.2) is 0 Å². The summed E-state index contributed by atoms with van der Waals surface area (Å²) in [6.45, 7) is 4.51. The zero-order valence-corrected chi connectivity index (χ0v) is 10.4. The fraction of sp³-hybridized carbons (Fsp3) is 0.833. The van der Waals surface area contributed by atoms with Crippen LogP contribution in [0.4, 0.5) is 0 Å². The number of ether oxygens (including phenoxy) is 3. The number of carbonyl (C=O) groups is 2. The molecule has 1 aliphatic rings. The van der Waals surface area contributed by atoms with Crippen LogP contribution in [-0.2, 0) is 23.8 Å². The van der Waals surface area contributed by atoms with Crippen molar-refractivity contribution in [2.75, 3.05) is 19.8 Å². The minimum absolute atomic E-state index is 0.251. The van der Waals surface area contributed by atoms with Gasteiger partial charge in [0.05, 0.1) is 19.3 Å². The zero-order chi connectivity index (χ0) is 12.7. The van der Waals surface area contributed by atoms with Gasteiger partial charge in [0.1, 0.15) is 0 Å². The van der Waals surface area contributed by atoms with Gasteiger partial charge in [0.25, 0.3) is 0 Å². The van der Waals surface area contributed by atoms with Crippen molar-refractivity contribution < 1.29 is 23.8 Å². The van der Waals surface area contributed by atoms with E-state index in [9.17, 15) is 9.59 Å². The summed E-state index contributed by atoms with van der Waals surface area (Å²) in [5, 5.41) is 0. The van der Waals surface area contributed by atoms with E-state index in [1.165, 1.54) is 0 Å². The molecule has 0 radical (unpaired) electrons. The summed E-state index contributed by atoms with van der Waals surface area (Å²) in [6, 6.07) is 0. The lowest BCUT2D eigenvalue weighted by molar-refractivity contribution is -0.171. The second kappa shape index (κ2) is 7.27. The Bertz CT molecular complexity index is 240. The first kappa shape index (κ1) is 14.0. The van der Waals surface area contributed by atoms with Gasteiger partial charge in [-0.15, -0.1) is 0 Å². The monoisotopic (exact) mass is 244 g/mol. The summed E-state index contributed by atoms with van der Waals surface area (Å²) in [5.74, 6) is -2.02. The van der Waals surface area contributed by atoms with Crippen molar-refractivity contribution in [3.63, 3.8) is 0 Å². The summed E-state index contributed by atoms with van der Waals surface area (Å²) < 4.78 is 15.3. The number of hydrogen-bond acceptors (Lipinski definition) is 5. The van der Waals surface area contributed by atoms with Crippen molar-refractivity contribution in [2.24, 2.45) is 5.92 Å². The number of rotatable bonds is 5. The highest BCUT2D eigenvalue weighted by atomic mass is 16.6. The highest BCUT2D eigenvalue weighted by molar-refractivity contribution is 5.95. The molecule has 0 aromatic rings. The van der Waals surface area contributed by atoms with Crippen molar-refractivity contribution in [1.29, 1.82) is 0 Å². The third-order valence-corrected chi connectivity index (χ3v) is 2.67. The smallest absolute Gasteiger partial charge is 0.323 e. The summed E-state index contributed by atoms with van der Waals surface area (Å²) in [4.78, 5) is 23.5. The van der Waals surface area contributed by atoms with E-state index >= 15 is 0 Å². The van der Waals surface area contributed by atoms with Crippen LogP contribution in [0.25, 0.3) is 0 Å². The van der Waals surface area contributed by atoms with E-state index in [-0.39, 0.29) is 13.2 Å². The fourth-order valence-electron chi connectivity index (χ4n) is 1.89. The maximum Gasteiger partial charge on any atom is 0.323 e. The van der Waals surface area contributed by atoms with Crippen molar-refractivity contribution >= 4 is 11.9 Å². The molecule has 0 aromatic heterocycles. The van der Waals surface area contributed by atoms with Crippen LogP contribution in [0.5, 0.6) is 0 Å². The average molecular weight is 244 g/mol. The lowest BCUT2D eigenvalue weighted by Gasteiger charge is -2.27. The molecule has 1 atom stereocenters. The molecule has 98 valence electrons. The van der Waals surface area contributed by atoms with Crippen LogP contribution >= 0.6 is 0 Å². The van der Waals surface area contributed by atoms with Gasteiger partial charge in [-0.2, -0.15) is 0 Å². The first-order valence-corrected chi connectivity index (χ1v) is 6.15. The van der Waals surface area contributed by atoms with Crippen LogP contribution in [0.3, 0.4) is 0 Å². The molecule has 5 nitrogen and oxygen atoms in total. The Balaban J connectivity index is 2.69. The van der Waals surface area contributed by atoms with E-state index in [2.05, 4.69) is 0 Å². The topological polar surface area (TPSA) is 61.8 Å². The van der Waals surface area contributed by atoms with E-state index in [0.717, 1.165) is 12.8 Å². The van der Waals surface area contributed by atoms with Gasteiger partial charge >= 0.3 is 11.9 Å². The lowest BCUT2D eigenvalue weighted by atomic mass is 9.95. The summed E-state index contributed by atoms with van der Waals surface area (Å²) in [7, 11) is 0. The van der Waals surface area contributed by atoms with Crippen LogP contribution < -0.4 is 0 Å². The van der Waals surface area contributed by atoms with Gasteiger partial charge in [0.15, 0.2) is 5.92 Å². The van der Waals surface area contributed by atoms with E-state index in [4.69, 9.17) is 14.2 Å². The maximum atomic E-state index is 11.8. The zero-order valence-electron chi connectivity index (χ0n) is 10.4. The van der Waals surface area contributed by atoms with Crippen molar-refractivity contribution in [3.05, 3.63) is 0 Å². The minimum Gasteiger partial charge on any atom is -0.465 e. The molecule has 1 unspecified atom stereocenters. The predicted octanol–water partition coefficient (Wildman–Crippen LogP) is 1.30. The molecule has 0 N–H and O–H groups in total. The largest absolute Gasteiger partial charge is 0.465 e. The summed E-state index contributed by atoms with van der Waals surface area (Å²) in [6.07, 6.45) is 2.22. The van der Waals surface area contributed by atoms with E-state index in [1.54, 1.807) is 13.8 Å². The summed E-state index contributed by atoms with van der Waals surface area (Å²) in [5.41, 5.74) is 0. The van der Waals surface area contributed by atoms with Gasteiger partial charge in [0.2, 0.25) is 0 Å². The van der Waals surface area contributed by atoms with Gasteiger partial charge in [-0.1, -0.05) is 0 Å². The van der Waals surface area contributed by atoms with Crippen molar-refractivity contribution in [2.45, 2.75) is 39.2 Å². The molecule has 1 saturated heterocycles. The molecule has 1 fully saturated rings. The Morgan fingerprint density at radius 1 is 1.18 bits per heavy atom. The van der Waals surface area contributed by atoms with E-state index < -0.39 is 24.0 Å². The Morgan fingerprint density at radius 3 is 2.18 bits per heavy atom. The normalized spacial score (nSPS) is 20.1. The Morgan fingerprint density at radius 2 is 1.76 bits per heavy atom. The van der Waals surface area contributed by atoms with Gasteiger partial charge in [-0.3, -0.25) is 9.59 Å². The maximum absolute atomic E-state index is 11.8. The number of esters is 2. The third-order valence-electron chi connectivity index (χ3n) is 2.67. The highest BCUT2D eigenvalue weighted by Gasteiger charge is 2.38. The molecule has 1 rings (SSSR count). The summed E-state index contributed by atoms with van der Waals surface area (Å²) >= 11 is 0. The molecule has 17 heavy (non-hydrogen) atoms. The molecule has 0 amide bonds. The Hall–Kier alpha value is -1.10. The van der Waals surface area contributed by atoms with Gasteiger partial charge in [-0.25, -0.2) is 0 Å².